The maximum atomic E-state index is 11.3. The highest BCUT2D eigenvalue weighted by Crippen LogP contribution is 1.94. The Balaban J connectivity index is 2.70. The minimum atomic E-state index is -0.00435. The van der Waals surface area contributed by atoms with Crippen LogP contribution in [0.2, 0.25) is 0 Å². The lowest BCUT2D eigenvalue weighted by Gasteiger charge is -2.16. The topological polar surface area (TPSA) is 48.5 Å². The van der Waals surface area contributed by atoms with Crippen molar-refractivity contribution in [3.63, 3.8) is 0 Å². The zero-order chi connectivity index (χ0) is 8.55. The standard InChI is InChI=1S/C6H9N3O2S/c1-7-5-8-2-3-11-4-9(8)6(10)12-5/h2-4H2,1H3. The first kappa shape index (κ1) is 7.75. The van der Waals surface area contributed by atoms with E-state index in [0.29, 0.717) is 19.9 Å². The van der Waals surface area contributed by atoms with Gasteiger partial charge in [0.25, 0.3) is 0 Å². The van der Waals surface area contributed by atoms with E-state index in [9.17, 15) is 4.79 Å². The molecule has 0 bridgehead atoms. The van der Waals surface area contributed by atoms with Crippen LogP contribution in [0.5, 0.6) is 0 Å². The van der Waals surface area contributed by atoms with Gasteiger partial charge in [0.05, 0.1) is 13.2 Å². The molecule has 0 unspecified atom stereocenters. The molecule has 2 rings (SSSR count). The van der Waals surface area contributed by atoms with E-state index in [0.717, 1.165) is 16.1 Å². The van der Waals surface area contributed by atoms with Gasteiger partial charge in [-0.15, -0.1) is 0 Å². The Morgan fingerprint density at radius 2 is 2.42 bits per heavy atom. The molecule has 0 amide bonds. The number of hydrogen-bond donors (Lipinski definition) is 0. The number of aromatic nitrogens is 2. The van der Waals surface area contributed by atoms with Gasteiger partial charge >= 0.3 is 4.87 Å². The quantitative estimate of drug-likeness (QED) is 0.535. The van der Waals surface area contributed by atoms with E-state index in [2.05, 4.69) is 4.99 Å². The van der Waals surface area contributed by atoms with Crippen LogP contribution in [-0.4, -0.2) is 23.0 Å². The summed E-state index contributed by atoms with van der Waals surface area (Å²) in [7, 11) is 1.69. The largest absolute Gasteiger partial charge is 0.357 e. The van der Waals surface area contributed by atoms with E-state index in [4.69, 9.17) is 4.74 Å². The number of fused-ring (bicyclic) bond motifs is 1. The van der Waals surface area contributed by atoms with Crippen molar-refractivity contribution in [2.45, 2.75) is 13.3 Å². The first-order valence-electron chi connectivity index (χ1n) is 3.64. The molecule has 0 aliphatic carbocycles. The highest BCUT2D eigenvalue weighted by Gasteiger charge is 2.11. The fourth-order valence-electron chi connectivity index (χ4n) is 1.19. The van der Waals surface area contributed by atoms with E-state index >= 15 is 0 Å². The predicted octanol–water partition coefficient (Wildman–Crippen LogP) is -0.771. The Morgan fingerprint density at radius 1 is 1.58 bits per heavy atom. The molecular formula is C6H9N3O2S. The Morgan fingerprint density at radius 3 is 3.17 bits per heavy atom. The van der Waals surface area contributed by atoms with Crippen molar-refractivity contribution in [2.75, 3.05) is 13.7 Å². The third-order valence-corrected chi connectivity index (χ3v) is 2.72. The summed E-state index contributed by atoms with van der Waals surface area (Å²) in [5.74, 6) is 0. The van der Waals surface area contributed by atoms with Crippen molar-refractivity contribution < 1.29 is 4.74 Å². The summed E-state index contributed by atoms with van der Waals surface area (Å²) in [5, 5.41) is 0. The Hall–Kier alpha value is -0.880. The third kappa shape index (κ3) is 1.03. The van der Waals surface area contributed by atoms with Crippen molar-refractivity contribution in [2.24, 2.45) is 4.99 Å². The molecule has 0 atom stereocenters. The summed E-state index contributed by atoms with van der Waals surface area (Å²) in [5.41, 5.74) is 0. The van der Waals surface area contributed by atoms with Crippen LogP contribution in [0.15, 0.2) is 9.79 Å². The van der Waals surface area contributed by atoms with Crippen molar-refractivity contribution in [1.82, 2.24) is 9.36 Å². The van der Waals surface area contributed by atoms with E-state index in [1.165, 1.54) is 0 Å². The fourth-order valence-corrected chi connectivity index (χ4v) is 1.99. The smallest absolute Gasteiger partial charge is 0.327 e. The molecule has 5 nitrogen and oxygen atoms in total. The van der Waals surface area contributed by atoms with Crippen LogP contribution in [0.25, 0.3) is 0 Å². The third-order valence-electron chi connectivity index (χ3n) is 1.75. The van der Waals surface area contributed by atoms with Gasteiger partial charge < -0.3 is 4.74 Å². The van der Waals surface area contributed by atoms with Crippen LogP contribution in [0.3, 0.4) is 0 Å². The maximum absolute atomic E-state index is 11.3. The summed E-state index contributed by atoms with van der Waals surface area (Å²) < 4.78 is 8.57. The van der Waals surface area contributed by atoms with Crippen molar-refractivity contribution in [1.29, 1.82) is 0 Å². The van der Waals surface area contributed by atoms with E-state index < -0.39 is 0 Å². The van der Waals surface area contributed by atoms with Gasteiger partial charge in [-0.3, -0.25) is 14.5 Å². The molecule has 0 saturated heterocycles. The number of ether oxygens (including phenoxy) is 1. The van der Waals surface area contributed by atoms with Gasteiger partial charge in [0, 0.05) is 7.05 Å². The Kier molecular flexibility index (Phi) is 1.86. The average Bonchev–Trinajstić information content (AvgIpc) is 2.44. The molecule has 12 heavy (non-hydrogen) atoms. The van der Waals surface area contributed by atoms with Gasteiger partial charge in [-0.05, 0) is 11.3 Å². The summed E-state index contributed by atoms with van der Waals surface area (Å²) >= 11 is 1.15. The molecule has 6 heteroatoms. The van der Waals surface area contributed by atoms with Crippen molar-refractivity contribution in [3.8, 4) is 0 Å². The molecule has 0 fully saturated rings. The van der Waals surface area contributed by atoms with E-state index in [1.54, 1.807) is 11.7 Å². The highest BCUT2D eigenvalue weighted by molar-refractivity contribution is 7.06. The zero-order valence-corrected chi connectivity index (χ0v) is 7.50. The molecule has 2 heterocycles. The molecule has 0 N–H and O–H groups in total. The SMILES string of the molecule is CN=c1sc(=O)n2n1CCOC2. The molecule has 1 aliphatic heterocycles. The van der Waals surface area contributed by atoms with Gasteiger partial charge in [-0.25, -0.2) is 4.68 Å². The van der Waals surface area contributed by atoms with Gasteiger partial charge in [0.1, 0.15) is 6.73 Å². The fraction of sp³-hybridized carbons (Fsp3) is 0.667. The summed E-state index contributed by atoms with van der Waals surface area (Å²) in [6.45, 7) is 1.72. The number of hydrogen-bond acceptors (Lipinski definition) is 4. The number of nitrogens with zero attached hydrogens (tertiary/aromatic N) is 3. The summed E-state index contributed by atoms with van der Waals surface area (Å²) in [4.78, 5) is 16.0. The minimum Gasteiger partial charge on any atom is -0.357 e. The lowest BCUT2D eigenvalue weighted by atomic mass is 10.7. The Bertz CT molecular complexity index is 400. The Labute approximate surface area is 72.5 Å². The van der Waals surface area contributed by atoms with E-state index in [-0.39, 0.29) is 4.87 Å². The first-order valence-corrected chi connectivity index (χ1v) is 4.46. The van der Waals surface area contributed by atoms with Crippen molar-refractivity contribution in [3.05, 3.63) is 14.5 Å². The second kappa shape index (κ2) is 2.87. The molecule has 0 spiro atoms. The van der Waals surface area contributed by atoms with Crippen LogP contribution in [0, 0.1) is 0 Å². The minimum absolute atomic E-state index is 0.00435. The van der Waals surface area contributed by atoms with Crippen LogP contribution < -0.4 is 9.67 Å². The van der Waals surface area contributed by atoms with Gasteiger partial charge in [-0.2, -0.15) is 0 Å². The van der Waals surface area contributed by atoms with Crippen LogP contribution in [0.1, 0.15) is 0 Å². The monoisotopic (exact) mass is 187 g/mol. The normalized spacial score (nSPS) is 17.9. The van der Waals surface area contributed by atoms with Crippen LogP contribution in [-0.2, 0) is 18.0 Å². The highest BCUT2D eigenvalue weighted by atomic mass is 32.1. The number of rotatable bonds is 0. The predicted molar refractivity (Wildman–Crippen MR) is 44.0 cm³/mol. The summed E-state index contributed by atoms with van der Waals surface area (Å²) in [6, 6.07) is 0. The molecule has 66 valence electrons. The lowest BCUT2D eigenvalue weighted by molar-refractivity contribution is 0.0116. The van der Waals surface area contributed by atoms with Crippen LogP contribution in [0.4, 0.5) is 0 Å². The van der Waals surface area contributed by atoms with Gasteiger partial charge in [-0.1, -0.05) is 0 Å². The maximum Gasteiger partial charge on any atom is 0.327 e. The second-order valence-electron chi connectivity index (χ2n) is 2.43. The molecule has 0 saturated carbocycles. The molecule has 0 radical (unpaired) electrons. The van der Waals surface area contributed by atoms with Crippen LogP contribution >= 0.6 is 11.3 Å². The molecular weight excluding hydrogens is 178 g/mol. The molecule has 0 aromatic carbocycles. The average molecular weight is 187 g/mol. The molecule has 1 aliphatic rings. The first-order chi connectivity index (χ1) is 5.83. The van der Waals surface area contributed by atoms with E-state index in [1.807, 2.05) is 4.68 Å². The van der Waals surface area contributed by atoms with Crippen molar-refractivity contribution >= 4 is 11.3 Å². The van der Waals surface area contributed by atoms with Gasteiger partial charge in [0.2, 0.25) is 4.80 Å². The lowest BCUT2D eigenvalue weighted by Crippen LogP contribution is -2.34. The zero-order valence-electron chi connectivity index (χ0n) is 6.69. The second-order valence-corrected chi connectivity index (χ2v) is 3.35. The summed E-state index contributed by atoms with van der Waals surface area (Å²) in [6.07, 6.45) is 0. The molecule has 1 aromatic rings. The van der Waals surface area contributed by atoms with Gasteiger partial charge in [0.15, 0.2) is 0 Å². The molecule has 1 aromatic heterocycles.